The summed E-state index contributed by atoms with van der Waals surface area (Å²) in [6.45, 7) is 1.77. The van der Waals surface area contributed by atoms with E-state index in [1.165, 1.54) is 13.3 Å². The Labute approximate surface area is 123 Å². The second-order valence-corrected chi connectivity index (χ2v) is 6.07. The van der Waals surface area contributed by atoms with Gasteiger partial charge >= 0.3 is 0 Å². The number of methoxy groups -OCH3 is 2. The molecular weight excluding hydrogens is 294 g/mol. The average molecular weight is 311 g/mol. The molecule has 21 heavy (non-hydrogen) atoms. The number of H-pyrrole nitrogens is 1. The van der Waals surface area contributed by atoms with E-state index in [0.29, 0.717) is 22.9 Å². The normalized spacial score (nSPS) is 11.4. The van der Waals surface area contributed by atoms with Crippen molar-refractivity contribution in [2.24, 2.45) is 0 Å². The first-order chi connectivity index (χ1) is 9.96. The molecule has 0 atom stereocenters. The van der Waals surface area contributed by atoms with E-state index in [9.17, 15) is 8.42 Å². The number of nitrogens with zero attached hydrogens (tertiary/aromatic N) is 1. The standard InChI is InChI=1S/C13H17N3O4S/c1-9-14-8-13(16-9)21(17,18)15-7-10-6-11(19-2)4-5-12(10)20-3/h4-6,8,15H,7H2,1-3H3,(H,14,16). The lowest BCUT2D eigenvalue weighted by Gasteiger charge is -2.11. The Morgan fingerprint density at radius 2 is 2.05 bits per heavy atom. The fourth-order valence-corrected chi connectivity index (χ4v) is 2.78. The first-order valence-corrected chi connectivity index (χ1v) is 7.67. The topological polar surface area (TPSA) is 93.3 Å². The lowest BCUT2D eigenvalue weighted by Crippen LogP contribution is -2.23. The molecule has 7 nitrogen and oxygen atoms in total. The maximum absolute atomic E-state index is 12.1. The van der Waals surface area contributed by atoms with Crippen LogP contribution in [0.5, 0.6) is 11.5 Å². The third-order valence-electron chi connectivity index (χ3n) is 2.91. The fourth-order valence-electron chi connectivity index (χ4n) is 1.81. The van der Waals surface area contributed by atoms with Gasteiger partial charge in [0.05, 0.1) is 20.4 Å². The lowest BCUT2D eigenvalue weighted by molar-refractivity contribution is 0.398. The number of ether oxygens (including phenoxy) is 2. The molecular formula is C13H17N3O4S. The van der Waals surface area contributed by atoms with Crippen molar-refractivity contribution in [2.45, 2.75) is 18.5 Å². The first kappa shape index (κ1) is 15.3. The van der Waals surface area contributed by atoms with Crippen LogP contribution in [-0.4, -0.2) is 32.6 Å². The number of aromatic nitrogens is 2. The zero-order valence-corrected chi connectivity index (χ0v) is 12.8. The molecule has 0 saturated heterocycles. The van der Waals surface area contributed by atoms with E-state index in [4.69, 9.17) is 9.47 Å². The summed E-state index contributed by atoms with van der Waals surface area (Å²) < 4.78 is 37.1. The highest BCUT2D eigenvalue weighted by Gasteiger charge is 2.17. The van der Waals surface area contributed by atoms with Crippen molar-refractivity contribution in [3.05, 3.63) is 35.8 Å². The minimum atomic E-state index is -3.65. The molecule has 2 N–H and O–H groups in total. The molecule has 0 aliphatic rings. The molecule has 8 heteroatoms. The predicted molar refractivity (Wildman–Crippen MR) is 76.9 cm³/mol. The van der Waals surface area contributed by atoms with Crippen molar-refractivity contribution in [1.82, 2.24) is 14.7 Å². The fraction of sp³-hybridized carbons (Fsp3) is 0.308. The number of aryl methyl sites for hydroxylation is 1. The molecule has 0 aliphatic carbocycles. The van der Waals surface area contributed by atoms with Gasteiger partial charge in [0.25, 0.3) is 10.0 Å². The summed E-state index contributed by atoms with van der Waals surface area (Å²) >= 11 is 0. The molecule has 2 aromatic rings. The molecule has 1 heterocycles. The van der Waals surface area contributed by atoms with Crippen LogP contribution in [0.1, 0.15) is 11.4 Å². The number of imidazole rings is 1. The summed E-state index contributed by atoms with van der Waals surface area (Å²) in [5.74, 6) is 1.75. The van der Waals surface area contributed by atoms with Crippen LogP contribution < -0.4 is 14.2 Å². The van der Waals surface area contributed by atoms with Gasteiger partial charge in [-0.2, -0.15) is 0 Å². The predicted octanol–water partition coefficient (Wildman–Crippen LogP) is 1.21. The maximum atomic E-state index is 12.1. The lowest BCUT2D eigenvalue weighted by atomic mass is 10.2. The first-order valence-electron chi connectivity index (χ1n) is 6.18. The van der Waals surface area contributed by atoms with Gasteiger partial charge in [0.15, 0.2) is 5.03 Å². The number of benzene rings is 1. The minimum absolute atomic E-state index is 0.0295. The van der Waals surface area contributed by atoms with Gasteiger partial charge in [-0.15, -0.1) is 0 Å². The molecule has 0 amide bonds. The van der Waals surface area contributed by atoms with Crippen molar-refractivity contribution in [3.8, 4) is 11.5 Å². The van der Waals surface area contributed by atoms with Crippen LogP contribution in [-0.2, 0) is 16.6 Å². The van der Waals surface area contributed by atoms with E-state index in [1.807, 2.05) is 0 Å². The molecule has 0 saturated carbocycles. The van der Waals surface area contributed by atoms with Gasteiger partial charge < -0.3 is 14.5 Å². The van der Waals surface area contributed by atoms with Crippen molar-refractivity contribution in [3.63, 3.8) is 0 Å². The number of rotatable bonds is 6. The van der Waals surface area contributed by atoms with E-state index in [2.05, 4.69) is 14.7 Å². The minimum Gasteiger partial charge on any atom is -0.497 e. The van der Waals surface area contributed by atoms with Gasteiger partial charge in [-0.25, -0.2) is 18.1 Å². The molecule has 0 aliphatic heterocycles. The highest BCUT2D eigenvalue weighted by atomic mass is 32.2. The zero-order valence-electron chi connectivity index (χ0n) is 12.0. The summed E-state index contributed by atoms with van der Waals surface area (Å²) in [5.41, 5.74) is 0.677. The van der Waals surface area contributed by atoms with Crippen molar-refractivity contribution in [2.75, 3.05) is 14.2 Å². The highest BCUT2D eigenvalue weighted by Crippen LogP contribution is 2.24. The third-order valence-corrected chi connectivity index (χ3v) is 4.22. The SMILES string of the molecule is COc1ccc(OC)c(CNS(=O)(=O)c2cnc(C)[nH]2)c1. The number of nitrogens with one attached hydrogen (secondary N) is 2. The number of sulfonamides is 1. The van der Waals surface area contributed by atoms with E-state index in [1.54, 1.807) is 32.2 Å². The molecule has 1 aromatic heterocycles. The molecule has 1 aromatic carbocycles. The van der Waals surface area contributed by atoms with Crippen LogP contribution in [0.2, 0.25) is 0 Å². The number of hydrogen-bond donors (Lipinski definition) is 2. The van der Waals surface area contributed by atoms with Crippen molar-refractivity contribution >= 4 is 10.0 Å². The smallest absolute Gasteiger partial charge is 0.257 e. The molecule has 0 fully saturated rings. The van der Waals surface area contributed by atoms with E-state index in [-0.39, 0.29) is 11.6 Å². The highest BCUT2D eigenvalue weighted by molar-refractivity contribution is 7.89. The molecule has 114 valence electrons. The van der Waals surface area contributed by atoms with Crippen LogP contribution >= 0.6 is 0 Å². The quantitative estimate of drug-likeness (QED) is 0.836. The third kappa shape index (κ3) is 3.53. The molecule has 0 spiro atoms. The van der Waals surface area contributed by atoms with Gasteiger partial charge in [-0.3, -0.25) is 0 Å². The number of aromatic amines is 1. The van der Waals surface area contributed by atoms with Crippen molar-refractivity contribution < 1.29 is 17.9 Å². The van der Waals surface area contributed by atoms with Gasteiger partial charge in [-0.05, 0) is 25.1 Å². The Bertz CT molecular complexity index is 725. The molecule has 0 unspecified atom stereocenters. The van der Waals surface area contributed by atoms with Crippen LogP contribution in [0.25, 0.3) is 0 Å². The van der Waals surface area contributed by atoms with Crippen LogP contribution in [0.15, 0.2) is 29.4 Å². The Kier molecular flexibility index (Phi) is 4.49. The van der Waals surface area contributed by atoms with Gasteiger partial charge in [-0.1, -0.05) is 0 Å². The van der Waals surface area contributed by atoms with Crippen LogP contribution in [0.4, 0.5) is 0 Å². The Balaban J connectivity index is 2.19. The van der Waals surface area contributed by atoms with Crippen LogP contribution in [0.3, 0.4) is 0 Å². The molecule has 0 bridgehead atoms. The second kappa shape index (κ2) is 6.15. The summed E-state index contributed by atoms with van der Waals surface area (Å²) in [6.07, 6.45) is 1.28. The zero-order chi connectivity index (χ0) is 15.5. The summed E-state index contributed by atoms with van der Waals surface area (Å²) in [5, 5.41) is 0.0295. The van der Waals surface area contributed by atoms with E-state index < -0.39 is 10.0 Å². The van der Waals surface area contributed by atoms with Gasteiger partial charge in [0.1, 0.15) is 17.3 Å². The maximum Gasteiger partial charge on any atom is 0.257 e. The number of hydrogen-bond acceptors (Lipinski definition) is 5. The average Bonchev–Trinajstić information content (AvgIpc) is 2.92. The summed E-state index contributed by atoms with van der Waals surface area (Å²) in [7, 11) is -0.576. The Hall–Kier alpha value is -2.06. The van der Waals surface area contributed by atoms with Gasteiger partial charge in [0.2, 0.25) is 0 Å². The van der Waals surface area contributed by atoms with E-state index >= 15 is 0 Å². The molecule has 2 rings (SSSR count). The van der Waals surface area contributed by atoms with Gasteiger partial charge in [0, 0.05) is 12.1 Å². The van der Waals surface area contributed by atoms with Crippen molar-refractivity contribution in [1.29, 1.82) is 0 Å². The van der Waals surface area contributed by atoms with Crippen LogP contribution in [0, 0.1) is 6.92 Å². The summed E-state index contributed by atoms with van der Waals surface area (Å²) in [6, 6.07) is 5.19. The Morgan fingerprint density at radius 3 is 2.62 bits per heavy atom. The van der Waals surface area contributed by atoms with E-state index in [0.717, 1.165) is 0 Å². The Morgan fingerprint density at radius 1 is 1.29 bits per heavy atom. The molecule has 0 radical (unpaired) electrons. The monoisotopic (exact) mass is 311 g/mol. The summed E-state index contributed by atoms with van der Waals surface area (Å²) in [4.78, 5) is 6.57. The largest absolute Gasteiger partial charge is 0.497 e. The second-order valence-electron chi connectivity index (χ2n) is 4.34.